The number of carbonyl (C=O) groups excluding carboxylic acids is 1. The second kappa shape index (κ2) is 14.1. The highest BCUT2D eigenvalue weighted by Crippen LogP contribution is 2.39. The number of carbonyl (C=O) groups is 1. The zero-order valence-corrected chi connectivity index (χ0v) is 24.5. The molecule has 2 saturated heterocycles. The smallest absolute Gasteiger partial charge is 0.251 e. The van der Waals surface area contributed by atoms with Gasteiger partial charge in [-0.3, -0.25) is 4.79 Å². The predicted octanol–water partition coefficient (Wildman–Crippen LogP) is 6.81. The van der Waals surface area contributed by atoms with Crippen LogP contribution in [-0.4, -0.2) is 41.7 Å². The molecule has 0 aliphatic carbocycles. The highest BCUT2D eigenvalue weighted by Gasteiger charge is 2.33. The third kappa shape index (κ3) is 7.59. The van der Waals surface area contributed by atoms with Crippen LogP contribution < -0.4 is 5.32 Å². The van der Waals surface area contributed by atoms with Crippen molar-refractivity contribution in [2.24, 2.45) is 0 Å². The van der Waals surface area contributed by atoms with E-state index in [2.05, 4.69) is 58.7 Å². The highest BCUT2D eigenvalue weighted by molar-refractivity contribution is 5.94. The molecule has 0 bridgehead atoms. The number of amides is 1. The maximum absolute atomic E-state index is 12.6. The SMILES string of the molecule is O=C(NCc1cccc(-c2cccc([C@@H]3O[C@H](CN4CCCCC4)C[C@H](c4ccc(CO)cc4)O3)c2)c1)c1ccccc1. The Labute approximate surface area is 254 Å². The summed E-state index contributed by atoms with van der Waals surface area (Å²) in [6.45, 7) is 3.63. The van der Waals surface area contributed by atoms with Crippen LogP contribution in [0.1, 0.15) is 70.7 Å². The molecule has 6 nitrogen and oxygen atoms in total. The summed E-state index contributed by atoms with van der Waals surface area (Å²) in [6, 6.07) is 34.0. The van der Waals surface area contributed by atoms with Crippen molar-refractivity contribution in [3.05, 3.63) is 131 Å². The summed E-state index contributed by atoms with van der Waals surface area (Å²) >= 11 is 0. The monoisotopic (exact) mass is 576 g/mol. The molecule has 0 radical (unpaired) electrons. The molecule has 43 heavy (non-hydrogen) atoms. The lowest BCUT2D eigenvalue weighted by molar-refractivity contribution is -0.253. The molecule has 2 fully saturated rings. The van der Waals surface area contributed by atoms with Gasteiger partial charge in [-0.15, -0.1) is 0 Å². The number of hydrogen-bond acceptors (Lipinski definition) is 5. The number of ether oxygens (including phenoxy) is 2. The Morgan fingerprint density at radius 3 is 2.28 bits per heavy atom. The molecule has 222 valence electrons. The number of likely N-dealkylation sites (tertiary alicyclic amines) is 1. The number of piperidine rings is 1. The first kappa shape index (κ1) is 29.3. The molecular formula is C37H40N2O4. The second-order valence-electron chi connectivity index (χ2n) is 11.6. The van der Waals surface area contributed by atoms with E-state index in [1.54, 1.807) is 0 Å². The molecule has 0 saturated carbocycles. The van der Waals surface area contributed by atoms with Gasteiger partial charge in [-0.05, 0) is 78.0 Å². The van der Waals surface area contributed by atoms with Crippen LogP contribution in [0, 0.1) is 0 Å². The van der Waals surface area contributed by atoms with E-state index in [0.29, 0.717) is 12.1 Å². The Morgan fingerprint density at radius 2 is 1.51 bits per heavy atom. The van der Waals surface area contributed by atoms with Gasteiger partial charge in [0.25, 0.3) is 5.91 Å². The van der Waals surface area contributed by atoms with Crippen molar-refractivity contribution in [2.45, 2.75) is 57.3 Å². The van der Waals surface area contributed by atoms with E-state index in [1.165, 1.54) is 19.3 Å². The van der Waals surface area contributed by atoms with E-state index in [9.17, 15) is 9.90 Å². The molecule has 2 aliphatic heterocycles. The Morgan fingerprint density at radius 1 is 0.767 bits per heavy atom. The van der Waals surface area contributed by atoms with E-state index in [4.69, 9.17) is 9.47 Å². The molecule has 1 amide bonds. The largest absolute Gasteiger partial charge is 0.392 e. The maximum atomic E-state index is 12.6. The quantitative estimate of drug-likeness (QED) is 0.229. The molecule has 2 N–H and O–H groups in total. The van der Waals surface area contributed by atoms with Gasteiger partial charge in [-0.1, -0.05) is 85.3 Å². The second-order valence-corrected chi connectivity index (χ2v) is 11.6. The zero-order valence-electron chi connectivity index (χ0n) is 24.5. The fourth-order valence-electron chi connectivity index (χ4n) is 6.06. The van der Waals surface area contributed by atoms with Crippen LogP contribution in [0.25, 0.3) is 11.1 Å². The van der Waals surface area contributed by atoms with Gasteiger partial charge in [0.1, 0.15) is 0 Å². The lowest BCUT2D eigenvalue weighted by Gasteiger charge is -2.39. The molecule has 0 unspecified atom stereocenters. The van der Waals surface area contributed by atoms with Gasteiger partial charge >= 0.3 is 0 Å². The number of aliphatic hydroxyl groups excluding tert-OH is 1. The molecule has 2 aliphatic rings. The maximum Gasteiger partial charge on any atom is 0.251 e. The summed E-state index contributed by atoms with van der Waals surface area (Å²) in [5, 5.41) is 12.5. The van der Waals surface area contributed by atoms with Crippen molar-refractivity contribution >= 4 is 5.91 Å². The number of rotatable bonds is 9. The highest BCUT2D eigenvalue weighted by atomic mass is 16.7. The van der Waals surface area contributed by atoms with Crippen LogP contribution in [0.5, 0.6) is 0 Å². The molecule has 0 aromatic heterocycles. The van der Waals surface area contributed by atoms with Crippen molar-refractivity contribution in [1.29, 1.82) is 0 Å². The van der Waals surface area contributed by atoms with Gasteiger partial charge in [-0.25, -0.2) is 0 Å². The van der Waals surface area contributed by atoms with E-state index in [1.807, 2.05) is 54.6 Å². The van der Waals surface area contributed by atoms with Crippen LogP contribution >= 0.6 is 0 Å². The Hall–Kier alpha value is -3.81. The number of aliphatic hydroxyl groups is 1. The Kier molecular flexibility index (Phi) is 9.60. The third-order valence-corrected chi connectivity index (χ3v) is 8.43. The van der Waals surface area contributed by atoms with Gasteiger partial charge in [0.15, 0.2) is 6.29 Å². The topological polar surface area (TPSA) is 71.0 Å². The van der Waals surface area contributed by atoms with Crippen molar-refractivity contribution < 1.29 is 19.4 Å². The minimum Gasteiger partial charge on any atom is -0.392 e. The van der Waals surface area contributed by atoms with Crippen LogP contribution in [0.4, 0.5) is 0 Å². The summed E-state index contributed by atoms with van der Waals surface area (Å²) in [7, 11) is 0. The average molecular weight is 577 g/mol. The fourth-order valence-corrected chi connectivity index (χ4v) is 6.06. The average Bonchev–Trinajstić information content (AvgIpc) is 3.08. The summed E-state index contributed by atoms with van der Waals surface area (Å²) in [5.41, 5.74) is 6.82. The van der Waals surface area contributed by atoms with Gasteiger partial charge in [-0.2, -0.15) is 0 Å². The lowest BCUT2D eigenvalue weighted by Crippen LogP contribution is -2.41. The first-order valence-electron chi connectivity index (χ1n) is 15.4. The van der Waals surface area contributed by atoms with Crippen molar-refractivity contribution in [3.63, 3.8) is 0 Å². The number of benzene rings is 4. The van der Waals surface area contributed by atoms with Gasteiger partial charge in [0.05, 0.1) is 18.8 Å². The van der Waals surface area contributed by atoms with E-state index in [0.717, 1.165) is 59.4 Å². The van der Waals surface area contributed by atoms with Crippen molar-refractivity contribution in [2.75, 3.05) is 19.6 Å². The normalized spacial score (nSPS) is 20.9. The van der Waals surface area contributed by atoms with E-state index < -0.39 is 6.29 Å². The molecule has 6 heteroatoms. The van der Waals surface area contributed by atoms with Gasteiger partial charge in [0.2, 0.25) is 0 Å². The van der Waals surface area contributed by atoms with Gasteiger partial charge < -0.3 is 24.8 Å². The molecule has 6 rings (SSSR count). The zero-order chi connectivity index (χ0) is 29.4. The Bertz CT molecular complexity index is 1480. The van der Waals surface area contributed by atoms with Crippen LogP contribution in [-0.2, 0) is 22.6 Å². The number of nitrogens with one attached hydrogen (secondary N) is 1. The summed E-state index contributed by atoms with van der Waals surface area (Å²) in [4.78, 5) is 15.1. The summed E-state index contributed by atoms with van der Waals surface area (Å²) in [5.74, 6) is -0.0840. The van der Waals surface area contributed by atoms with E-state index >= 15 is 0 Å². The van der Waals surface area contributed by atoms with Crippen molar-refractivity contribution in [1.82, 2.24) is 10.2 Å². The van der Waals surface area contributed by atoms with Crippen molar-refractivity contribution in [3.8, 4) is 11.1 Å². The molecule has 4 aromatic carbocycles. The van der Waals surface area contributed by atoms with Crippen LogP contribution in [0.2, 0.25) is 0 Å². The Balaban J connectivity index is 1.19. The molecule has 2 heterocycles. The minimum absolute atomic E-state index is 0.0303. The van der Waals surface area contributed by atoms with Gasteiger partial charge in [0, 0.05) is 30.6 Å². The standard InChI is InChI=1S/C37H40N2O4/c40-26-27-15-17-29(18-16-27)35-23-34(25-39-19-5-2-6-20-39)42-37(43-35)33-14-8-13-32(22-33)31-12-7-9-28(21-31)24-38-36(41)30-10-3-1-4-11-30/h1,3-4,7-18,21-22,34-35,37,40H,2,5-6,19-20,23-26H2,(H,38,41)/t34-,35+,37+/m0/s1. The summed E-state index contributed by atoms with van der Waals surface area (Å²) in [6.07, 6.45) is 4.06. The first-order valence-corrected chi connectivity index (χ1v) is 15.4. The number of nitrogens with zero attached hydrogens (tertiary/aromatic N) is 1. The molecular weight excluding hydrogens is 536 g/mol. The third-order valence-electron chi connectivity index (χ3n) is 8.43. The first-order chi connectivity index (χ1) is 21.1. The summed E-state index contributed by atoms with van der Waals surface area (Å²) < 4.78 is 13.3. The van der Waals surface area contributed by atoms with Crippen LogP contribution in [0.15, 0.2) is 103 Å². The molecule has 0 spiro atoms. The van der Waals surface area contributed by atoms with E-state index in [-0.39, 0.29) is 24.7 Å². The molecule has 3 atom stereocenters. The number of hydrogen-bond donors (Lipinski definition) is 2. The predicted molar refractivity (Wildman–Crippen MR) is 168 cm³/mol. The molecule has 4 aromatic rings. The fraction of sp³-hybridized carbons (Fsp3) is 0.324. The lowest BCUT2D eigenvalue weighted by atomic mass is 9.98. The minimum atomic E-state index is -0.487. The van der Waals surface area contributed by atoms with Crippen LogP contribution in [0.3, 0.4) is 0 Å².